The fourth-order valence-corrected chi connectivity index (χ4v) is 4.53. The van der Waals surface area contributed by atoms with Crippen LogP contribution >= 0.6 is 0 Å². The van der Waals surface area contributed by atoms with Crippen molar-refractivity contribution in [1.29, 1.82) is 0 Å². The molecule has 194 valence electrons. The number of hydrogen-bond acceptors (Lipinski definition) is 5. The maximum atomic E-state index is 13.2. The lowest BCUT2D eigenvalue weighted by Gasteiger charge is -2.27. The van der Waals surface area contributed by atoms with Crippen molar-refractivity contribution in [2.24, 2.45) is 0 Å². The zero-order valence-electron chi connectivity index (χ0n) is 21.0. The third-order valence-corrected chi connectivity index (χ3v) is 6.36. The lowest BCUT2D eigenvalue weighted by Crippen LogP contribution is -2.36. The summed E-state index contributed by atoms with van der Waals surface area (Å²) in [6.07, 6.45) is -2.44. The summed E-state index contributed by atoms with van der Waals surface area (Å²) in [4.78, 5) is 18.3. The van der Waals surface area contributed by atoms with Crippen LogP contribution in [0.25, 0.3) is 22.8 Å². The van der Waals surface area contributed by atoms with Crippen LogP contribution in [0.1, 0.15) is 50.2 Å². The minimum atomic E-state index is -4.58. The molecular weight excluding hydrogens is 485 g/mol. The van der Waals surface area contributed by atoms with Crippen molar-refractivity contribution in [2.75, 3.05) is 4.90 Å². The minimum absolute atomic E-state index is 0.00891. The number of nitrogens with zero attached hydrogens (tertiary/aromatic N) is 8. The van der Waals surface area contributed by atoms with Crippen molar-refractivity contribution in [3.8, 4) is 22.8 Å². The smallest absolute Gasteiger partial charge is 0.292 e. The van der Waals surface area contributed by atoms with Crippen LogP contribution < -0.4 is 4.90 Å². The molecule has 5 rings (SSSR count). The summed E-state index contributed by atoms with van der Waals surface area (Å²) in [6, 6.07) is 8.96. The number of amides is 1. The zero-order chi connectivity index (χ0) is 26.5. The van der Waals surface area contributed by atoms with Crippen LogP contribution in [0.2, 0.25) is 0 Å². The van der Waals surface area contributed by atoms with Gasteiger partial charge >= 0.3 is 6.18 Å². The van der Waals surface area contributed by atoms with Gasteiger partial charge < -0.3 is 0 Å². The summed E-state index contributed by atoms with van der Waals surface area (Å²) in [5, 5.41) is 13.2. The molecule has 1 aliphatic heterocycles. The molecule has 4 heterocycles. The standard InChI is InChI=1S/C25H27F3N8O/c1-5-34-24(25(26,27)28)30-23(32-34)18-8-6-17(7-9-18)14-33-20-12-19(31-35(20)11-10-21(33)37)22-16(4)13-29-36(22)15(2)3/h6-9,12-13,15H,5,10-11,14H2,1-4H3. The first kappa shape index (κ1) is 24.7. The molecule has 0 aliphatic carbocycles. The van der Waals surface area contributed by atoms with Gasteiger partial charge in [0.25, 0.3) is 0 Å². The molecule has 1 aromatic carbocycles. The van der Waals surface area contributed by atoms with Crippen LogP contribution in [0.5, 0.6) is 0 Å². The van der Waals surface area contributed by atoms with Gasteiger partial charge in [0.05, 0.1) is 25.0 Å². The van der Waals surface area contributed by atoms with Gasteiger partial charge in [-0.3, -0.25) is 14.4 Å². The number of fused-ring (bicyclic) bond motifs is 1. The van der Waals surface area contributed by atoms with E-state index >= 15 is 0 Å². The van der Waals surface area contributed by atoms with E-state index in [1.165, 1.54) is 0 Å². The second kappa shape index (κ2) is 9.16. The average molecular weight is 513 g/mol. The minimum Gasteiger partial charge on any atom is -0.292 e. The van der Waals surface area contributed by atoms with Gasteiger partial charge in [-0.15, -0.1) is 0 Å². The Morgan fingerprint density at radius 3 is 2.46 bits per heavy atom. The van der Waals surface area contributed by atoms with Gasteiger partial charge in [0.15, 0.2) is 5.82 Å². The molecule has 0 bridgehead atoms. The summed E-state index contributed by atoms with van der Waals surface area (Å²) in [7, 11) is 0. The van der Waals surface area contributed by atoms with E-state index in [4.69, 9.17) is 5.10 Å². The summed E-state index contributed by atoms with van der Waals surface area (Å²) in [5.41, 5.74) is 3.97. The fraction of sp³-hybridized carbons (Fsp3) is 0.400. The maximum absolute atomic E-state index is 13.2. The van der Waals surface area contributed by atoms with Crippen LogP contribution in [0.3, 0.4) is 0 Å². The predicted molar refractivity (Wildman–Crippen MR) is 131 cm³/mol. The first-order valence-electron chi connectivity index (χ1n) is 12.1. The highest BCUT2D eigenvalue weighted by molar-refractivity contribution is 5.94. The molecule has 0 radical (unpaired) electrons. The Morgan fingerprint density at radius 1 is 1.11 bits per heavy atom. The third-order valence-electron chi connectivity index (χ3n) is 6.36. The van der Waals surface area contributed by atoms with Crippen LogP contribution in [-0.2, 0) is 30.6 Å². The molecule has 0 saturated carbocycles. The van der Waals surface area contributed by atoms with Crippen molar-refractivity contribution in [2.45, 2.75) is 66.0 Å². The molecule has 0 unspecified atom stereocenters. The molecule has 3 aromatic heterocycles. The molecule has 1 amide bonds. The first-order valence-corrected chi connectivity index (χ1v) is 12.1. The first-order chi connectivity index (χ1) is 17.6. The van der Waals surface area contributed by atoms with E-state index in [0.717, 1.165) is 27.2 Å². The number of aromatic nitrogens is 7. The topological polar surface area (TPSA) is 86.7 Å². The SMILES string of the molecule is CCn1nc(-c2ccc(CN3C(=O)CCn4nc(-c5c(C)cnn5C(C)C)cc43)cc2)nc1C(F)(F)F. The summed E-state index contributed by atoms with van der Waals surface area (Å²) < 4.78 is 44.4. The van der Waals surface area contributed by atoms with Crippen LogP contribution in [-0.4, -0.2) is 40.2 Å². The van der Waals surface area contributed by atoms with Gasteiger partial charge in [0.1, 0.15) is 11.5 Å². The highest BCUT2D eigenvalue weighted by Gasteiger charge is 2.38. The van der Waals surface area contributed by atoms with Gasteiger partial charge in [-0.05, 0) is 38.8 Å². The Kier molecular flexibility index (Phi) is 6.12. The lowest BCUT2D eigenvalue weighted by molar-refractivity contribution is -0.147. The number of halogens is 3. The average Bonchev–Trinajstić information content (AvgIpc) is 3.57. The highest BCUT2D eigenvalue weighted by atomic mass is 19.4. The Hall–Kier alpha value is -3.96. The van der Waals surface area contributed by atoms with E-state index < -0.39 is 12.0 Å². The summed E-state index contributed by atoms with van der Waals surface area (Å²) >= 11 is 0. The number of rotatable bonds is 6. The highest BCUT2D eigenvalue weighted by Crippen LogP contribution is 2.33. The normalized spacial score (nSPS) is 14.1. The van der Waals surface area contributed by atoms with Gasteiger partial charge in [0.2, 0.25) is 11.7 Å². The molecule has 37 heavy (non-hydrogen) atoms. The number of carbonyl (C=O) groups excluding carboxylic acids is 1. The van der Waals surface area contributed by atoms with E-state index in [9.17, 15) is 18.0 Å². The number of alkyl halides is 3. The fourth-order valence-electron chi connectivity index (χ4n) is 4.53. The molecule has 9 nitrogen and oxygen atoms in total. The third kappa shape index (κ3) is 4.51. The van der Waals surface area contributed by atoms with Crippen LogP contribution in [0.15, 0.2) is 36.5 Å². The molecule has 0 atom stereocenters. The lowest BCUT2D eigenvalue weighted by atomic mass is 10.1. The van der Waals surface area contributed by atoms with Crippen molar-refractivity contribution in [1.82, 2.24) is 34.3 Å². The Bertz CT molecular complexity index is 1450. The molecule has 0 spiro atoms. The number of benzene rings is 1. The number of anilines is 1. The van der Waals surface area contributed by atoms with Gasteiger partial charge in [0, 0.05) is 30.6 Å². The quantitative estimate of drug-likeness (QED) is 0.368. The van der Waals surface area contributed by atoms with Crippen molar-refractivity contribution in [3.05, 3.63) is 53.5 Å². The molecule has 0 saturated heterocycles. The van der Waals surface area contributed by atoms with Crippen molar-refractivity contribution < 1.29 is 18.0 Å². The Labute approximate surface area is 211 Å². The van der Waals surface area contributed by atoms with E-state index in [0.29, 0.717) is 30.9 Å². The number of aryl methyl sites for hydroxylation is 3. The second-order valence-electron chi connectivity index (χ2n) is 9.32. The zero-order valence-corrected chi connectivity index (χ0v) is 21.0. The number of hydrogen-bond donors (Lipinski definition) is 0. The maximum Gasteiger partial charge on any atom is 0.451 e. The Balaban J connectivity index is 1.42. The molecule has 12 heteroatoms. The van der Waals surface area contributed by atoms with Gasteiger partial charge in [-0.25, -0.2) is 14.3 Å². The van der Waals surface area contributed by atoms with E-state index in [2.05, 4.69) is 29.0 Å². The van der Waals surface area contributed by atoms with Gasteiger partial charge in [-0.2, -0.15) is 28.5 Å². The largest absolute Gasteiger partial charge is 0.451 e. The second-order valence-corrected chi connectivity index (χ2v) is 9.32. The summed E-state index contributed by atoms with van der Waals surface area (Å²) in [6.45, 7) is 8.53. The van der Waals surface area contributed by atoms with E-state index in [1.807, 2.05) is 28.6 Å². The molecule has 0 N–H and O–H groups in total. The van der Waals surface area contributed by atoms with Gasteiger partial charge in [-0.1, -0.05) is 24.3 Å². The van der Waals surface area contributed by atoms with Crippen molar-refractivity contribution in [3.63, 3.8) is 0 Å². The van der Waals surface area contributed by atoms with Crippen molar-refractivity contribution >= 4 is 11.7 Å². The monoisotopic (exact) mass is 512 g/mol. The number of carbonyl (C=O) groups is 1. The molecule has 1 aliphatic rings. The van der Waals surface area contributed by atoms with Crippen LogP contribution in [0.4, 0.5) is 19.0 Å². The molecule has 4 aromatic rings. The van der Waals surface area contributed by atoms with Crippen LogP contribution in [0, 0.1) is 6.92 Å². The van der Waals surface area contributed by atoms with E-state index in [-0.39, 0.29) is 24.3 Å². The Morgan fingerprint density at radius 2 is 1.84 bits per heavy atom. The summed E-state index contributed by atoms with van der Waals surface area (Å²) in [5.74, 6) is -0.333. The molecule has 0 fully saturated rings. The van der Waals surface area contributed by atoms with E-state index in [1.54, 1.807) is 36.1 Å². The predicted octanol–water partition coefficient (Wildman–Crippen LogP) is 4.87. The molecular formula is C25H27F3N8O.